The number of carbonyl (C=O) groups is 3. The highest BCUT2D eigenvalue weighted by molar-refractivity contribution is 6.36. The van der Waals surface area contributed by atoms with Gasteiger partial charge in [-0.3, -0.25) is 9.59 Å². The maximum atomic E-state index is 13.5. The number of anilines is 1. The lowest BCUT2D eigenvalue weighted by Gasteiger charge is -2.35. The number of hydrogen-bond donors (Lipinski definition) is 2. The summed E-state index contributed by atoms with van der Waals surface area (Å²) in [4.78, 5) is 42.1. The highest BCUT2D eigenvalue weighted by Crippen LogP contribution is 2.24. The Morgan fingerprint density at radius 1 is 0.786 bits per heavy atom. The topological polar surface area (TPSA) is 112 Å². The second-order valence-corrected chi connectivity index (χ2v) is 10.8. The van der Waals surface area contributed by atoms with E-state index >= 15 is 0 Å². The average Bonchev–Trinajstić information content (AvgIpc) is 3.44. The Balaban J connectivity index is 1.17. The summed E-state index contributed by atoms with van der Waals surface area (Å²) in [5.74, 6) is -0.317. The van der Waals surface area contributed by atoms with Crippen molar-refractivity contribution in [1.82, 2.24) is 30.1 Å². The Bertz CT molecular complexity index is 1620. The molecule has 1 aromatic heterocycles. The van der Waals surface area contributed by atoms with Gasteiger partial charge < -0.3 is 20.4 Å². The number of urea groups is 1. The zero-order valence-electron chi connectivity index (χ0n) is 22.3. The third kappa shape index (κ3) is 7.02. The number of benzene rings is 3. The molecule has 2 heterocycles. The minimum atomic E-state index is -0.424. The maximum absolute atomic E-state index is 13.5. The van der Waals surface area contributed by atoms with Crippen molar-refractivity contribution in [3.8, 4) is 0 Å². The van der Waals surface area contributed by atoms with E-state index in [2.05, 4.69) is 20.9 Å². The number of halogens is 3. The third-order valence-electron chi connectivity index (χ3n) is 6.73. The molecule has 0 radical (unpaired) electrons. The van der Waals surface area contributed by atoms with Gasteiger partial charge in [-0.2, -0.15) is 0 Å². The van der Waals surface area contributed by atoms with Crippen LogP contribution < -0.4 is 10.6 Å². The summed E-state index contributed by atoms with van der Waals surface area (Å²) in [6.07, 6.45) is 1.71. The Kier molecular flexibility index (Phi) is 9.26. The van der Waals surface area contributed by atoms with E-state index in [4.69, 9.17) is 34.8 Å². The molecule has 0 spiro atoms. The van der Waals surface area contributed by atoms with Crippen LogP contribution in [0.2, 0.25) is 15.1 Å². The molecule has 4 amide bonds. The summed E-state index contributed by atoms with van der Waals surface area (Å²) in [6.45, 7) is 2.01. The standard InChI is InChI=1S/C29H26Cl3N7O3/c30-20-9-10-23(25(32)15-20)28(41)38-13-11-37(12-14-38)27(40)22-6-2-1-5-19(22)17-39-18-21(35-36-39)16-33-29(42)34-26-8-4-3-7-24(26)31/h1-10,15,18H,11-14,16-17H2,(H2,33,34,42). The normalized spacial score (nSPS) is 13.1. The van der Waals surface area contributed by atoms with Crippen molar-refractivity contribution in [2.75, 3.05) is 31.5 Å². The van der Waals surface area contributed by atoms with E-state index in [-0.39, 0.29) is 18.4 Å². The molecule has 1 saturated heterocycles. The first-order chi connectivity index (χ1) is 20.3. The van der Waals surface area contributed by atoms with Crippen LogP contribution in [0.3, 0.4) is 0 Å². The predicted molar refractivity (Wildman–Crippen MR) is 161 cm³/mol. The zero-order valence-corrected chi connectivity index (χ0v) is 24.5. The predicted octanol–water partition coefficient (Wildman–Crippen LogP) is 5.21. The summed E-state index contributed by atoms with van der Waals surface area (Å²) in [5, 5.41) is 14.9. The Hall–Kier alpha value is -4.12. The fraction of sp³-hybridized carbons (Fsp3) is 0.207. The molecule has 4 aromatic rings. The number of para-hydroxylation sites is 1. The highest BCUT2D eigenvalue weighted by atomic mass is 35.5. The van der Waals surface area contributed by atoms with Gasteiger partial charge in [-0.25, -0.2) is 9.48 Å². The number of hydrogen-bond acceptors (Lipinski definition) is 5. The number of carbonyl (C=O) groups excluding carboxylic acids is 3. The van der Waals surface area contributed by atoms with E-state index in [1.54, 1.807) is 69.2 Å². The van der Waals surface area contributed by atoms with Crippen molar-refractivity contribution in [2.24, 2.45) is 0 Å². The number of nitrogens with one attached hydrogen (secondary N) is 2. The quantitative estimate of drug-likeness (QED) is 0.293. The lowest BCUT2D eigenvalue weighted by molar-refractivity contribution is 0.0535. The van der Waals surface area contributed by atoms with Gasteiger partial charge in [0, 0.05) is 36.8 Å². The van der Waals surface area contributed by atoms with Gasteiger partial charge in [0.25, 0.3) is 11.8 Å². The van der Waals surface area contributed by atoms with Gasteiger partial charge >= 0.3 is 6.03 Å². The van der Waals surface area contributed by atoms with E-state index in [1.807, 2.05) is 18.2 Å². The first-order valence-corrected chi connectivity index (χ1v) is 14.2. The van der Waals surface area contributed by atoms with Crippen molar-refractivity contribution >= 4 is 58.3 Å². The maximum Gasteiger partial charge on any atom is 0.319 e. The van der Waals surface area contributed by atoms with Crippen molar-refractivity contribution in [3.63, 3.8) is 0 Å². The van der Waals surface area contributed by atoms with Gasteiger partial charge in [0.05, 0.1) is 40.6 Å². The summed E-state index contributed by atoms with van der Waals surface area (Å²) >= 11 is 18.3. The van der Waals surface area contributed by atoms with Crippen molar-refractivity contribution in [2.45, 2.75) is 13.1 Å². The Morgan fingerprint density at radius 2 is 1.45 bits per heavy atom. The molecule has 42 heavy (non-hydrogen) atoms. The van der Waals surface area contributed by atoms with Crippen LogP contribution in [0.15, 0.2) is 72.9 Å². The molecule has 1 aliphatic rings. The smallest absolute Gasteiger partial charge is 0.319 e. The molecule has 0 unspecified atom stereocenters. The number of aromatic nitrogens is 3. The lowest BCUT2D eigenvalue weighted by Crippen LogP contribution is -2.50. The molecule has 10 nitrogen and oxygen atoms in total. The van der Waals surface area contributed by atoms with Crippen molar-refractivity contribution in [1.29, 1.82) is 0 Å². The first-order valence-electron chi connectivity index (χ1n) is 13.1. The SMILES string of the molecule is O=C(NCc1cn(Cc2ccccc2C(=O)N2CCN(C(=O)c3ccc(Cl)cc3Cl)CC2)nn1)Nc1ccccc1Cl. The molecule has 216 valence electrons. The number of rotatable bonds is 7. The van der Waals surface area contributed by atoms with Crippen LogP contribution in [0.5, 0.6) is 0 Å². The van der Waals surface area contributed by atoms with E-state index < -0.39 is 6.03 Å². The lowest BCUT2D eigenvalue weighted by atomic mass is 10.1. The fourth-order valence-electron chi connectivity index (χ4n) is 4.55. The number of nitrogens with zero attached hydrogens (tertiary/aromatic N) is 5. The van der Waals surface area contributed by atoms with Crippen LogP contribution in [0.4, 0.5) is 10.5 Å². The van der Waals surface area contributed by atoms with Crippen molar-refractivity contribution in [3.05, 3.63) is 110 Å². The molecule has 0 aliphatic carbocycles. The molecular weight excluding hydrogens is 601 g/mol. The van der Waals surface area contributed by atoms with Crippen LogP contribution in [0.1, 0.15) is 32.0 Å². The first kappa shape index (κ1) is 29.4. The van der Waals surface area contributed by atoms with E-state index in [9.17, 15) is 14.4 Å². The van der Waals surface area contributed by atoms with Crippen LogP contribution >= 0.6 is 34.8 Å². The summed E-state index contributed by atoms with van der Waals surface area (Å²) < 4.78 is 1.61. The Labute approximate surface area is 257 Å². The summed E-state index contributed by atoms with van der Waals surface area (Å²) in [6, 6.07) is 18.6. The molecule has 2 N–H and O–H groups in total. The second-order valence-electron chi connectivity index (χ2n) is 9.56. The average molecular weight is 627 g/mol. The van der Waals surface area contributed by atoms with Crippen LogP contribution in [-0.2, 0) is 13.1 Å². The van der Waals surface area contributed by atoms with E-state index in [1.165, 1.54) is 0 Å². The molecule has 1 aliphatic heterocycles. The molecule has 1 fully saturated rings. The molecular formula is C29H26Cl3N7O3. The molecule has 0 atom stereocenters. The molecule has 5 rings (SSSR count). The molecule has 0 bridgehead atoms. The molecule has 3 aromatic carbocycles. The number of piperazine rings is 1. The minimum Gasteiger partial charge on any atom is -0.335 e. The summed E-state index contributed by atoms with van der Waals surface area (Å²) in [5.41, 5.74) is 2.76. The summed E-state index contributed by atoms with van der Waals surface area (Å²) in [7, 11) is 0. The van der Waals surface area contributed by atoms with Crippen LogP contribution in [0.25, 0.3) is 0 Å². The van der Waals surface area contributed by atoms with Gasteiger partial charge in [-0.1, -0.05) is 70.3 Å². The molecule has 0 saturated carbocycles. The fourth-order valence-corrected chi connectivity index (χ4v) is 5.23. The van der Waals surface area contributed by atoms with Gasteiger partial charge in [0.15, 0.2) is 0 Å². The zero-order chi connectivity index (χ0) is 29.6. The Morgan fingerprint density at radius 3 is 2.17 bits per heavy atom. The van der Waals surface area contributed by atoms with E-state index in [0.717, 1.165) is 5.56 Å². The van der Waals surface area contributed by atoms with Gasteiger partial charge in [-0.15, -0.1) is 5.10 Å². The van der Waals surface area contributed by atoms with Gasteiger partial charge in [0.1, 0.15) is 5.69 Å². The third-order valence-corrected chi connectivity index (χ3v) is 7.61. The molecule has 13 heteroatoms. The van der Waals surface area contributed by atoms with Gasteiger partial charge in [-0.05, 0) is 42.0 Å². The van der Waals surface area contributed by atoms with Gasteiger partial charge in [0.2, 0.25) is 0 Å². The number of amides is 4. The monoisotopic (exact) mass is 625 g/mol. The largest absolute Gasteiger partial charge is 0.335 e. The second kappa shape index (κ2) is 13.2. The highest BCUT2D eigenvalue weighted by Gasteiger charge is 2.27. The van der Waals surface area contributed by atoms with Crippen LogP contribution in [-0.4, -0.2) is 68.8 Å². The van der Waals surface area contributed by atoms with Crippen molar-refractivity contribution < 1.29 is 14.4 Å². The minimum absolute atomic E-state index is 0.125. The van der Waals surface area contributed by atoms with Crippen LogP contribution in [0, 0.1) is 0 Å². The van der Waals surface area contributed by atoms with E-state index in [0.29, 0.717) is 70.3 Å².